The molecule has 5 nitrogen and oxygen atoms in total. The molecule has 2 rings (SSSR count). The summed E-state index contributed by atoms with van der Waals surface area (Å²) in [6.45, 7) is 3.34. The molecule has 0 aliphatic carbocycles. The topological polar surface area (TPSA) is 60.2 Å². The van der Waals surface area contributed by atoms with Gasteiger partial charge in [0.2, 0.25) is 0 Å². The molecule has 0 saturated heterocycles. The second-order valence-corrected chi connectivity index (χ2v) is 5.09. The van der Waals surface area contributed by atoms with Gasteiger partial charge in [0.05, 0.1) is 12.4 Å². The van der Waals surface area contributed by atoms with Crippen molar-refractivity contribution in [1.82, 2.24) is 10.1 Å². The van der Waals surface area contributed by atoms with E-state index < -0.39 is 0 Å². The van der Waals surface area contributed by atoms with Crippen LogP contribution in [0.4, 0.5) is 6.01 Å². The highest BCUT2D eigenvalue weighted by Crippen LogP contribution is 2.22. The van der Waals surface area contributed by atoms with Crippen molar-refractivity contribution < 1.29 is 9.26 Å². The van der Waals surface area contributed by atoms with Crippen LogP contribution in [0.1, 0.15) is 11.4 Å². The SMILES string of the molecule is COCCNc1nc(CSc2ccc(C)cc2)no1. The monoisotopic (exact) mass is 279 g/mol. The van der Waals surface area contributed by atoms with Crippen molar-refractivity contribution in [2.45, 2.75) is 17.6 Å². The molecule has 1 aromatic heterocycles. The molecule has 1 aromatic carbocycles. The van der Waals surface area contributed by atoms with E-state index in [1.165, 1.54) is 10.5 Å². The Kier molecular flexibility index (Phi) is 5.23. The van der Waals surface area contributed by atoms with Crippen LogP contribution in [0, 0.1) is 6.92 Å². The number of methoxy groups -OCH3 is 1. The largest absolute Gasteiger partial charge is 0.383 e. The Morgan fingerprint density at radius 1 is 1.32 bits per heavy atom. The van der Waals surface area contributed by atoms with E-state index in [-0.39, 0.29) is 0 Å². The van der Waals surface area contributed by atoms with Crippen LogP contribution in [0.2, 0.25) is 0 Å². The molecule has 0 amide bonds. The third kappa shape index (κ3) is 4.57. The maximum atomic E-state index is 5.08. The maximum Gasteiger partial charge on any atom is 0.321 e. The molecule has 102 valence electrons. The molecule has 0 bridgehead atoms. The number of rotatable bonds is 7. The number of ether oxygens (including phenoxy) is 1. The second-order valence-electron chi connectivity index (χ2n) is 4.04. The number of nitrogens with zero attached hydrogens (tertiary/aromatic N) is 2. The van der Waals surface area contributed by atoms with Gasteiger partial charge >= 0.3 is 6.01 Å². The molecule has 1 N–H and O–H groups in total. The first-order chi connectivity index (χ1) is 9.28. The number of anilines is 1. The van der Waals surface area contributed by atoms with Gasteiger partial charge in [0, 0.05) is 18.6 Å². The van der Waals surface area contributed by atoms with Crippen molar-refractivity contribution in [3.05, 3.63) is 35.7 Å². The summed E-state index contributed by atoms with van der Waals surface area (Å²) in [6, 6.07) is 8.82. The molecule has 1 heterocycles. The highest BCUT2D eigenvalue weighted by Gasteiger charge is 2.06. The fourth-order valence-corrected chi connectivity index (χ4v) is 2.17. The smallest absolute Gasteiger partial charge is 0.321 e. The zero-order chi connectivity index (χ0) is 13.5. The van der Waals surface area contributed by atoms with E-state index in [0.29, 0.717) is 30.7 Å². The predicted octanol–water partition coefficient (Wildman–Crippen LogP) is 2.73. The number of thioether (sulfide) groups is 1. The lowest BCUT2D eigenvalue weighted by molar-refractivity contribution is 0.210. The number of nitrogens with one attached hydrogen (secondary N) is 1. The van der Waals surface area contributed by atoms with Crippen LogP contribution >= 0.6 is 11.8 Å². The van der Waals surface area contributed by atoms with E-state index in [9.17, 15) is 0 Å². The van der Waals surface area contributed by atoms with Crippen LogP contribution in [-0.4, -0.2) is 30.4 Å². The van der Waals surface area contributed by atoms with E-state index >= 15 is 0 Å². The van der Waals surface area contributed by atoms with Gasteiger partial charge in [-0.1, -0.05) is 22.9 Å². The van der Waals surface area contributed by atoms with Crippen molar-refractivity contribution in [2.75, 3.05) is 25.6 Å². The second kappa shape index (κ2) is 7.16. The molecule has 0 atom stereocenters. The number of benzene rings is 1. The van der Waals surface area contributed by atoms with Gasteiger partial charge < -0.3 is 14.6 Å². The lowest BCUT2D eigenvalue weighted by Crippen LogP contribution is -2.07. The molecule has 0 unspecified atom stereocenters. The molecular weight excluding hydrogens is 262 g/mol. The number of hydrogen-bond acceptors (Lipinski definition) is 6. The summed E-state index contributed by atoms with van der Waals surface area (Å²) in [4.78, 5) is 5.45. The van der Waals surface area contributed by atoms with Crippen LogP contribution in [0.3, 0.4) is 0 Å². The van der Waals surface area contributed by atoms with E-state index in [2.05, 4.69) is 46.6 Å². The summed E-state index contributed by atoms with van der Waals surface area (Å²) < 4.78 is 10.0. The van der Waals surface area contributed by atoms with E-state index in [1.807, 2.05) is 0 Å². The van der Waals surface area contributed by atoms with Crippen molar-refractivity contribution in [1.29, 1.82) is 0 Å². The first-order valence-corrected chi connectivity index (χ1v) is 7.01. The standard InChI is InChI=1S/C13H17N3O2S/c1-10-3-5-11(6-4-10)19-9-12-15-13(18-16-12)14-7-8-17-2/h3-6H,7-9H2,1-2H3,(H,14,15,16). The molecule has 0 saturated carbocycles. The highest BCUT2D eigenvalue weighted by atomic mass is 32.2. The van der Waals surface area contributed by atoms with Crippen molar-refractivity contribution in [2.24, 2.45) is 0 Å². The Bertz CT molecular complexity index is 499. The highest BCUT2D eigenvalue weighted by molar-refractivity contribution is 7.98. The third-order valence-corrected chi connectivity index (χ3v) is 3.45. The van der Waals surface area contributed by atoms with Gasteiger partial charge in [-0.05, 0) is 19.1 Å². The molecule has 0 radical (unpaired) electrons. The Balaban J connectivity index is 1.81. The maximum absolute atomic E-state index is 5.08. The first-order valence-electron chi connectivity index (χ1n) is 6.03. The predicted molar refractivity (Wildman–Crippen MR) is 75.4 cm³/mol. The summed E-state index contributed by atoms with van der Waals surface area (Å²) in [7, 11) is 1.65. The Labute approximate surface area is 116 Å². The lowest BCUT2D eigenvalue weighted by atomic mass is 10.2. The van der Waals surface area contributed by atoms with Gasteiger partial charge in [0.1, 0.15) is 0 Å². The summed E-state index contributed by atoms with van der Waals surface area (Å²) in [5.41, 5.74) is 1.26. The average Bonchev–Trinajstić information content (AvgIpc) is 2.86. The minimum Gasteiger partial charge on any atom is -0.383 e. The molecule has 6 heteroatoms. The Hall–Kier alpha value is -1.53. The molecule has 0 fully saturated rings. The minimum atomic E-state index is 0.441. The number of hydrogen-bond donors (Lipinski definition) is 1. The van der Waals surface area contributed by atoms with Gasteiger partial charge in [-0.2, -0.15) is 4.98 Å². The molecule has 0 spiro atoms. The van der Waals surface area contributed by atoms with E-state index in [4.69, 9.17) is 9.26 Å². The summed E-state index contributed by atoms with van der Waals surface area (Å²) in [5, 5.41) is 6.91. The molecular formula is C13H17N3O2S. The lowest BCUT2D eigenvalue weighted by Gasteiger charge is -1.99. The van der Waals surface area contributed by atoms with E-state index in [1.54, 1.807) is 18.9 Å². The van der Waals surface area contributed by atoms with Crippen LogP contribution in [0.25, 0.3) is 0 Å². The summed E-state index contributed by atoms with van der Waals surface area (Å²) >= 11 is 1.69. The quantitative estimate of drug-likeness (QED) is 0.621. The van der Waals surface area contributed by atoms with Crippen molar-refractivity contribution >= 4 is 17.8 Å². The summed E-state index contributed by atoms with van der Waals surface area (Å²) in [6.07, 6.45) is 0. The van der Waals surface area contributed by atoms with Gasteiger partial charge in [0.25, 0.3) is 0 Å². The van der Waals surface area contributed by atoms with E-state index in [0.717, 1.165) is 0 Å². The normalized spacial score (nSPS) is 10.6. The summed E-state index contributed by atoms with van der Waals surface area (Å²) in [5.74, 6) is 1.38. The van der Waals surface area contributed by atoms with Crippen LogP contribution < -0.4 is 5.32 Å². The third-order valence-electron chi connectivity index (χ3n) is 2.44. The number of aryl methyl sites for hydroxylation is 1. The number of aromatic nitrogens is 2. The molecule has 0 aliphatic heterocycles. The van der Waals surface area contributed by atoms with Gasteiger partial charge in [-0.15, -0.1) is 11.8 Å². The fraction of sp³-hybridized carbons (Fsp3) is 0.385. The van der Waals surface area contributed by atoms with Gasteiger partial charge in [0.15, 0.2) is 5.82 Å². The van der Waals surface area contributed by atoms with Crippen molar-refractivity contribution in [3.8, 4) is 0 Å². The fourth-order valence-electron chi connectivity index (χ4n) is 1.43. The van der Waals surface area contributed by atoms with Crippen LogP contribution in [0.5, 0.6) is 0 Å². The first kappa shape index (κ1) is 13.9. The van der Waals surface area contributed by atoms with Crippen molar-refractivity contribution in [3.63, 3.8) is 0 Å². The molecule has 2 aromatic rings. The van der Waals surface area contributed by atoms with Crippen LogP contribution in [-0.2, 0) is 10.5 Å². The Morgan fingerprint density at radius 3 is 2.84 bits per heavy atom. The van der Waals surface area contributed by atoms with Crippen LogP contribution in [0.15, 0.2) is 33.7 Å². The average molecular weight is 279 g/mol. The van der Waals surface area contributed by atoms with Gasteiger partial charge in [-0.25, -0.2) is 0 Å². The Morgan fingerprint density at radius 2 is 2.11 bits per heavy atom. The minimum absolute atomic E-state index is 0.441. The molecule has 0 aliphatic rings. The zero-order valence-electron chi connectivity index (χ0n) is 11.0. The van der Waals surface area contributed by atoms with Gasteiger partial charge in [-0.3, -0.25) is 0 Å². The molecule has 19 heavy (non-hydrogen) atoms. The zero-order valence-corrected chi connectivity index (χ0v) is 11.9.